The fourth-order valence-corrected chi connectivity index (χ4v) is 5.89. The molecule has 2 aromatic heterocycles. The number of likely N-dealkylation sites (tertiary alicyclic amines) is 1. The molecule has 3 saturated heterocycles. The molecule has 9 heteroatoms. The van der Waals surface area contributed by atoms with Crippen molar-refractivity contribution in [1.29, 1.82) is 0 Å². The molecule has 0 atom stereocenters. The Hall–Kier alpha value is -3.30. The maximum Gasteiger partial charge on any atom is 0.221 e. The van der Waals surface area contributed by atoms with Gasteiger partial charge in [0, 0.05) is 68.7 Å². The highest BCUT2D eigenvalue weighted by Gasteiger charge is 2.52. The van der Waals surface area contributed by atoms with E-state index in [4.69, 9.17) is 14.2 Å². The molecule has 0 radical (unpaired) electrons. The Labute approximate surface area is 222 Å². The van der Waals surface area contributed by atoms with Crippen molar-refractivity contribution >= 4 is 5.82 Å². The zero-order valence-corrected chi connectivity index (χ0v) is 22.0. The number of rotatable bonds is 8. The van der Waals surface area contributed by atoms with Crippen LogP contribution in [-0.2, 0) is 4.74 Å². The Bertz CT molecular complexity index is 1270. The summed E-state index contributed by atoms with van der Waals surface area (Å²) < 4.78 is 32.2. The molecule has 1 spiro atoms. The number of pyridine rings is 1. The zero-order valence-electron chi connectivity index (χ0n) is 22.0. The maximum atomic E-state index is 14.4. The average molecular weight is 520 g/mol. The minimum Gasteiger partial charge on any atom is -0.475 e. The van der Waals surface area contributed by atoms with Crippen molar-refractivity contribution in [3.8, 4) is 28.5 Å². The molecule has 3 aromatic rings. The van der Waals surface area contributed by atoms with E-state index in [1.807, 2.05) is 19.9 Å². The number of aromatic nitrogens is 3. The Balaban J connectivity index is 1.17. The number of benzene rings is 1. The highest BCUT2D eigenvalue weighted by molar-refractivity contribution is 5.75. The largest absolute Gasteiger partial charge is 0.475 e. The lowest BCUT2D eigenvalue weighted by Crippen LogP contribution is -2.72. The van der Waals surface area contributed by atoms with Gasteiger partial charge in [-0.2, -0.15) is 0 Å². The van der Waals surface area contributed by atoms with Crippen LogP contribution in [0.1, 0.15) is 26.7 Å². The van der Waals surface area contributed by atoms with Crippen LogP contribution in [-0.4, -0.2) is 71.9 Å². The van der Waals surface area contributed by atoms with Gasteiger partial charge in [0.2, 0.25) is 5.88 Å². The van der Waals surface area contributed by atoms with E-state index in [0.717, 1.165) is 51.1 Å². The Morgan fingerprint density at radius 1 is 1.05 bits per heavy atom. The third-order valence-electron chi connectivity index (χ3n) is 7.56. The molecule has 1 aromatic carbocycles. The highest BCUT2D eigenvalue weighted by Crippen LogP contribution is 2.45. The second-order valence-corrected chi connectivity index (χ2v) is 11.1. The summed E-state index contributed by atoms with van der Waals surface area (Å²) in [6, 6.07) is 8.13. The number of ether oxygens (including phenoxy) is 3. The van der Waals surface area contributed by atoms with Crippen molar-refractivity contribution in [2.45, 2.75) is 32.8 Å². The smallest absolute Gasteiger partial charge is 0.221 e. The zero-order chi connectivity index (χ0) is 26.1. The lowest BCUT2D eigenvalue weighted by Gasteiger charge is -2.61. The summed E-state index contributed by atoms with van der Waals surface area (Å²) in [6.45, 7) is 11.0. The lowest BCUT2D eigenvalue weighted by molar-refractivity contribution is -0.0430. The first kappa shape index (κ1) is 25.0. The second kappa shape index (κ2) is 10.5. The highest BCUT2D eigenvalue weighted by atomic mass is 19.1. The van der Waals surface area contributed by atoms with Crippen molar-refractivity contribution < 1.29 is 18.6 Å². The minimum atomic E-state index is -0.365. The molecule has 6 rings (SSSR count). The Kier molecular flexibility index (Phi) is 6.88. The molecule has 3 fully saturated rings. The monoisotopic (exact) mass is 519 g/mol. The third-order valence-corrected chi connectivity index (χ3v) is 7.56. The molecule has 0 bridgehead atoms. The van der Waals surface area contributed by atoms with Crippen LogP contribution in [0.4, 0.5) is 10.2 Å². The molecule has 0 saturated carbocycles. The topological polar surface area (TPSA) is 72.8 Å². The number of halogens is 1. The molecule has 0 amide bonds. The normalized spacial score (nSPS) is 19.3. The SMILES string of the molecule is CC(C)Oc1ncccc1-c1cc(F)ccc1Oc1cncnc1N1CC2(CN(CC3CCOCC3)C2)C1. The van der Waals surface area contributed by atoms with E-state index in [9.17, 15) is 4.39 Å². The average Bonchev–Trinajstić information content (AvgIpc) is 2.87. The van der Waals surface area contributed by atoms with Gasteiger partial charge in [-0.05, 0) is 62.9 Å². The van der Waals surface area contributed by atoms with Gasteiger partial charge in [0.25, 0.3) is 0 Å². The van der Waals surface area contributed by atoms with Crippen LogP contribution >= 0.6 is 0 Å². The van der Waals surface area contributed by atoms with Crippen molar-refractivity contribution in [3.05, 3.63) is 54.9 Å². The summed E-state index contributed by atoms with van der Waals surface area (Å²) in [6.07, 6.45) is 7.16. The van der Waals surface area contributed by atoms with E-state index in [1.165, 1.54) is 31.5 Å². The molecule has 0 aliphatic carbocycles. The quantitative estimate of drug-likeness (QED) is 0.420. The second-order valence-electron chi connectivity index (χ2n) is 11.1. The fraction of sp³-hybridized carbons (Fsp3) is 0.483. The number of hydrogen-bond acceptors (Lipinski definition) is 8. The summed E-state index contributed by atoms with van der Waals surface area (Å²) in [5.41, 5.74) is 1.55. The van der Waals surface area contributed by atoms with Crippen molar-refractivity contribution in [2.75, 3.05) is 50.8 Å². The molecular weight excluding hydrogens is 485 g/mol. The third kappa shape index (κ3) is 5.17. The first-order valence-corrected chi connectivity index (χ1v) is 13.4. The van der Waals surface area contributed by atoms with Crippen LogP contribution in [0.15, 0.2) is 49.1 Å². The number of hydrogen-bond donors (Lipinski definition) is 0. The fourth-order valence-electron chi connectivity index (χ4n) is 5.89. The molecule has 38 heavy (non-hydrogen) atoms. The molecule has 0 N–H and O–H groups in total. The maximum absolute atomic E-state index is 14.4. The lowest BCUT2D eigenvalue weighted by atomic mass is 9.72. The van der Waals surface area contributed by atoms with Gasteiger partial charge < -0.3 is 24.0 Å². The summed E-state index contributed by atoms with van der Waals surface area (Å²) in [5.74, 6) is 2.62. The summed E-state index contributed by atoms with van der Waals surface area (Å²) in [5, 5.41) is 0. The van der Waals surface area contributed by atoms with Gasteiger partial charge in [-0.1, -0.05) is 0 Å². The van der Waals surface area contributed by atoms with Crippen LogP contribution in [0.3, 0.4) is 0 Å². The molecule has 8 nitrogen and oxygen atoms in total. The van der Waals surface area contributed by atoms with E-state index in [1.54, 1.807) is 30.9 Å². The van der Waals surface area contributed by atoms with E-state index in [2.05, 4.69) is 24.8 Å². The van der Waals surface area contributed by atoms with E-state index < -0.39 is 0 Å². The van der Waals surface area contributed by atoms with Gasteiger partial charge in [0.05, 0.1) is 12.3 Å². The van der Waals surface area contributed by atoms with E-state index >= 15 is 0 Å². The van der Waals surface area contributed by atoms with Gasteiger partial charge in [0.15, 0.2) is 11.6 Å². The Morgan fingerprint density at radius 2 is 1.87 bits per heavy atom. The Morgan fingerprint density at radius 3 is 2.66 bits per heavy atom. The molecule has 3 aliphatic rings. The van der Waals surface area contributed by atoms with Crippen molar-refractivity contribution in [2.24, 2.45) is 11.3 Å². The van der Waals surface area contributed by atoms with Crippen molar-refractivity contribution in [3.63, 3.8) is 0 Å². The van der Waals surface area contributed by atoms with Gasteiger partial charge in [-0.25, -0.2) is 19.3 Å². The van der Waals surface area contributed by atoms with Gasteiger partial charge in [0.1, 0.15) is 17.9 Å². The van der Waals surface area contributed by atoms with E-state index in [0.29, 0.717) is 33.9 Å². The molecule has 3 aliphatic heterocycles. The minimum absolute atomic E-state index is 0.0754. The summed E-state index contributed by atoms with van der Waals surface area (Å²) in [4.78, 5) is 18.0. The van der Waals surface area contributed by atoms with Gasteiger partial charge in [-0.3, -0.25) is 0 Å². The van der Waals surface area contributed by atoms with Gasteiger partial charge >= 0.3 is 0 Å². The predicted octanol–water partition coefficient (Wildman–Crippen LogP) is 4.81. The molecule has 200 valence electrons. The number of anilines is 1. The van der Waals surface area contributed by atoms with Crippen molar-refractivity contribution in [1.82, 2.24) is 19.9 Å². The first-order chi connectivity index (χ1) is 18.5. The van der Waals surface area contributed by atoms with Crippen LogP contribution in [0.5, 0.6) is 17.4 Å². The summed E-state index contributed by atoms with van der Waals surface area (Å²) >= 11 is 0. The van der Waals surface area contributed by atoms with E-state index in [-0.39, 0.29) is 11.9 Å². The number of nitrogens with zero attached hydrogens (tertiary/aromatic N) is 5. The molecular formula is C29H34FN5O3. The molecule has 0 unspecified atom stereocenters. The van der Waals surface area contributed by atoms with Gasteiger partial charge in [-0.15, -0.1) is 0 Å². The van der Waals surface area contributed by atoms with Crippen LogP contribution < -0.4 is 14.4 Å². The van der Waals surface area contributed by atoms with Crippen LogP contribution in [0, 0.1) is 17.2 Å². The van der Waals surface area contributed by atoms with Crippen LogP contribution in [0.25, 0.3) is 11.1 Å². The standard InChI is InChI=1S/C29H34FN5O3/c1-20(2)37-28-23(4-3-9-32-28)24-12-22(30)5-6-25(24)38-26-13-31-19-33-27(26)35-17-29(18-35)15-34(16-29)14-21-7-10-36-11-8-21/h3-6,9,12-13,19-21H,7-8,10-11,14-18H2,1-2H3. The van der Waals surface area contributed by atoms with Crippen LogP contribution in [0.2, 0.25) is 0 Å². The first-order valence-electron chi connectivity index (χ1n) is 13.4. The predicted molar refractivity (Wildman–Crippen MR) is 142 cm³/mol. The molecule has 5 heterocycles. The summed E-state index contributed by atoms with van der Waals surface area (Å²) in [7, 11) is 0.